The van der Waals surface area contributed by atoms with Crippen LogP contribution in [0.1, 0.15) is 11.7 Å². The molecule has 1 atom stereocenters. The van der Waals surface area contributed by atoms with Crippen LogP contribution < -0.4 is 4.74 Å². The standard InChI is InChI=1S/C13H10N2O5/c16-13(17)11(9-5-2-1-3-6-9)20-12-10(15(18)19)7-4-8-14-12/h1-8,11H,(H,16,17)/t11-/m1/s1. The Morgan fingerprint density at radius 3 is 2.55 bits per heavy atom. The first kappa shape index (κ1) is 13.5. The molecule has 0 spiro atoms. The summed E-state index contributed by atoms with van der Waals surface area (Å²) in [5.74, 6) is -1.58. The van der Waals surface area contributed by atoms with E-state index >= 15 is 0 Å². The van der Waals surface area contributed by atoms with Crippen LogP contribution in [-0.4, -0.2) is 21.0 Å². The average molecular weight is 274 g/mol. The van der Waals surface area contributed by atoms with Crippen LogP contribution in [-0.2, 0) is 4.79 Å². The molecule has 2 rings (SSSR count). The smallest absolute Gasteiger partial charge is 0.349 e. The number of nitrogens with zero attached hydrogens (tertiary/aromatic N) is 2. The minimum atomic E-state index is -1.36. The van der Waals surface area contributed by atoms with Crippen molar-refractivity contribution >= 4 is 11.7 Å². The first-order valence-electron chi connectivity index (χ1n) is 5.63. The lowest BCUT2D eigenvalue weighted by molar-refractivity contribution is -0.386. The van der Waals surface area contributed by atoms with Crippen molar-refractivity contribution < 1.29 is 19.6 Å². The van der Waals surface area contributed by atoms with E-state index in [-0.39, 0.29) is 11.6 Å². The molecule has 0 amide bonds. The first-order valence-corrected chi connectivity index (χ1v) is 5.63. The summed E-state index contributed by atoms with van der Waals surface area (Å²) < 4.78 is 5.20. The predicted molar refractivity (Wildman–Crippen MR) is 68.3 cm³/mol. The van der Waals surface area contributed by atoms with E-state index in [0.717, 1.165) is 0 Å². The quantitative estimate of drug-likeness (QED) is 0.662. The normalized spacial score (nSPS) is 11.6. The monoisotopic (exact) mass is 274 g/mol. The van der Waals surface area contributed by atoms with Gasteiger partial charge in [0.15, 0.2) is 0 Å². The van der Waals surface area contributed by atoms with Crippen LogP contribution in [0, 0.1) is 10.1 Å². The summed E-state index contributed by atoms with van der Waals surface area (Å²) in [4.78, 5) is 25.2. The second-order valence-electron chi connectivity index (χ2n) is 3.83. The molecule has 0 bridgehead atoms. The highest BCUT2D eigenvalue weighted by atomic mass is 16.6. The highest BCUT2D eigenvalue weighted by Gasteiger charge is 2.26. The van der Waals surface area contributed by atoms with Crippen LogP contribution in [0.25, 0.3) is 0 Å². The molecular formula is C13H10N2O5. The van der Waals surface area contributed by atoms with Gasteiger partial charge in [-0.15, -0.1) is 0 Å². The number of aliphatic carboxylic acids is 1. The fourth-order valence-electron chi connectivity index (χ4n) is 1.61. The number of pyridine rings is 1. The van der Waals surface area contributed by atoms with Gasteiger partial charge in [0, 0.05) is 17.8 Å². The molecule has 1 aromatic carbocycles. The number of hydrogen-bond donors (Lipinski definition) is 1. The summed E-state index contributed by atoms with van der Waals surface area (Å²) >= 11 is 0. The summed E-state index contributed by atoms with van der Waals surface area (Å²) in [5.41, 5.74) is -0.00497. The predicted octanol–water partition coefficient (Wildman–Crippen LogP) is 2.19. The van der Waals surface area contributed by atoms with Gasteiger partial charge < -0.3 is 9.84 Å². The Morgan fingerprint density at radius 1 is 1.25 bits per heavy atom. The maximum absolute atomic E-state index is 11.3. The molecule has 2 aromatic rings. The van der Waals surface area contributed by atoms with Crippen LogP contribution in [0.3, 0.4) is 0 Å². The molecule has 1 N–H and O–H groups in total. The molecule has 0 saturated heterocycles. The molecule has 0 saturated carbocycles. The van der Waals surface area contributed by atoms with E-state index in [9.17, 15) is 20.0 Å². The van der Waals surface area contributed by atoms with Gasteiger partial charge in [0.25, 0.3) is 5.88 Å². The zero-order valence-electron chi connectivity index (χ0n) is 10.2. The summed E-state index contributed by atoms with van der Waals surface area (Å²) in [6.45, 7) is 0. The minimum Gasteiger partial charge on any atom is -0.478 e. The van der Waals surface area contributed by atoms with Crippen LogP contribution >= 0.6 is 0 Å². The van der Waals surface area contributed by atoms with Crippen LogP contribution in [0.4, 0.5) is 5.69 Å². The van der Waals surface area contributed by atoms with Gasteiger partial charge in [-0.25, -0.2) is 9.78 Å². The average Bonchev–Trinajstić information content (AvgIpc) is 2.45. The highest BCUT2D eigenvalue weighted by molar-refractivity contribution is 5.75. The number of nitro groups is 1. The van der Waals surface area contributed by atoms with Gasteiger partial charge in [0.05, 0.1) is 4.92 Å². The zero-order valence-corrected chi connectivity index (χ0v) is 10.2. The number of ether oxygens (including phenoxy) is 1. The third-order valence-corrected chi connectivity index (χ3v) is 2.50. The Bertz CT molecular complexity index is 630. The number of carboxylic acids is 1. The van der Waals surface area contributed by atoms with Gasteiger partial charge in [0.2, 0.25) is 6.10 Å². The van der Waals surface area contributed by atoms with E-state index in [0.29, 0.717) is 5.56 Å². The van der Waals surface area contributed by atoms with Crippen molar-refractivity contribution in [1.29, 1.82) is 0 Å². The number of benzene rings is 1. The SMILES string of the molecule is O=C(O)[C@H](Oc1ncccc1[N+](=O)[O-])c1ccccc1. The lowest BCUT2D eigenvalue weighted by atomic mass is 10.1. The van der Waals surface area contributed by atoms with Gasteiger partial charge in [-0.05, 0) is 6.07 Å². The summed E-state index contributed by atoms with van der Waals surface area (Å²) in [6.07, 6.45) is -0.0588. The minimum absolute atomic E-state index is 0.325. The molecule has 7 heteroatoms. The van der Waals surface area contributed by atoms with E-state index in [1.54, 1.807) is 30.3 Å². The molecular weight excluding hydrogens is 264 g/mol. The number of aromatic nitrogens is 1. The topological polar surface area (TPSA) is 103 Å². The fourth-order valence-corrected chi connectivity index (χ4v) is 1.61. The Morgan fingerprint density at radius 2 is 1.95 bits per heavy atom. The van der Waals surface area contributed by atoms with Gasteiger partial charge >= 0.3 is 11.7 Å². The van der Waals surface area contributed by atoms with Gasteiger partial charge in [-0.3, -0.25) is 10.1 Å². The number of carbonyl (C=O) groups is 1. The van der Waals surface area contributed by atoms with Gasteiger partial charge in [-0.1, -0.05) is 30.3 Å². The lowest BCUT2D eigenvalue weighted by Crippen LogP contribution is -2.19. The van der Waals surface area contributed by atoms with Crippen molar-refractivity contribution in [3.63, 3.8) is 0 Å². The van der Waals surface area contributed by atoms with E-state index in [1.807, 2.05) is 0 Å². The number of rotatable bonds is 5. The Balaban J connectivity index is 2.35. The highest BCUT2D eigenvalue weighted by Crippen LogP contribution is 2.28. The molecule has 1 aromatic heterocycles. The molecule has 0 aliphatic heterocycles. The van der Waals surface area contributed by atoms with Gasteiger partial charge in [0.1, 0.15) is 0 Å². The van der Waals surface area contributed by atoms with Crippen LogP contribution in [0.2, 0.25) is 0 Å². The molecule has 0 radical (unpaired) electrons. The van der Waals surface area contributed by atoms with Crippen LogP contribution in [0.15, 0.2) is 48.7 Å². The number of carboxylic acid groups (broad SMARTS) is 1. The summed E-state index contributed by atoms with van der Waals surface area (Å²) in [6, 6.07) is 10.7. The van der Waals surface area contributed by atoms with Crippen molar-refractivity contribution in [1.82, 2.24) is 4.98 Å². The molecule has 1 heterocycles. The van der Waals surface area contributed by atoms with E-state index in [1.165, 1.54) is 18.3 Å². The second kappa shape index (κ2) is 5.79. The Labute approximate surface area is 113 Å². The van der Waals surface area contributed by atoms with Crippen molar-refractivity contribution in [2.24, 2.45) is 0 Å². The third kappa shape index (κ3) is 2.89. The van der Waals surface area contributed by atoms with Gasteiger partial charge in [-0.2, -0.15) is 0 Å². The largest absolute Gasteiger partial charge is 0.478 e. The molecule has 102 valence electrons. The molecule has 20 heavy (non-hydrogen) atoms. The third-order valence-electron chi connectivity index (χ3n) is 2.50. The van der Waals surface area contributed by atoms with E-state index < -0.39 is 17.0 Å². The Hall–Kier alpha value is -2.96. The van der Waals surface area contributed by atoms with Crippen molar-refractivity contribution in [2.75, 3.05) is 0 Å². The molecule has 0 aliphatic carbocycles. The van der Waals surface area contributed by atoms with E-state index in [2.05, 4.69) is 4.98 Å². The zero-order chi connectivity index (χ0) is 14.5. The number of hydrogen-bond acceptors (Lipinski definition) is 5. The van der Waals surface area contributed by atoms with Crippen molar-refractivity contribution in [2.45, 2.75) is 6.10 Å². The Kier molecular flexibility index (Phi) is 3.90. The second-order valence-corrected chi connectivity index (χ2v) is 3.83. The molecule has 7 nitrogen and oxygen atoms in total. The fraction of sp³-hybridized carbons (Fsp3) is 0.0769. The van der Waals surface area contributed by atoms with Crippen LogP contribution in [0.5, 0.6) is 5.88 Å². The lowest BCUT2D eigenvalue weighted by Gasteiger charge is -2.14. The maximum Gasteiger partial charge on any atom is 0.349 e. The summed E-state index contributed by atoms with van der Waals surface area (Å²) in [5, 5.41) is 20.0. The van der Waals surface area contributed by atoms with E-state index in [4.69, 9.17) is 4.74 Å². The van der Waals surface area contributed by atoms with Crippen molar-refractivity contribution in [3.05, 3.63) is 64.3 Å². The first-order chi connectivity index (χ1) is 9.59. The maximum atomic E-state index is 11.3. The molecule has 0 fully saturated rings. The molecule has 0 aliphatic rings. The summed E-state index contributed by atoms with van der Waals surface area (Å²) in [7, 11) is 0. The van der Waals surface area contributed by atoms with Crippen molar-refractivity contribution in [3.8, 4) is 5.88 Å². The molecule has 0 unspecified atom stereocenters.